The number of rotatable bonds is 16. The number of carboxylic acid groups (broad SMARTS) is 2. The molecular formula is C22H36CuN2O6Si2. The van der Waals surface area contributed by atoms with Gasteiger partial charge in [-0.3, -0.25) is 9.98 Å². The van der Waals surface area contributed by atoms with Crippen LogP contribution in [0.4, 0.5) is 0 Å². The topological polar surface area (TPSA) is 123 Å². The molecule has 1 radical (unpaired) electrons. The summed E-state index contributed by atoms with van der Waals surface area (Å²) in [4.78, 5) is 29.0. The van der Waals surface area contributed by atoms with Gasteiger partial charge in [0.25, 0.3) is 0 Å². The van der Waals surface area contributed by atoms with Crippen LogP contribution in [-0.4, -0.2) is 66.3 Å². The fourth-order valence-electron chi connectivity index (χ4n) is 1.79. The molecule has 0 heterocycles. The van der Waals surface area contributed by atoms with Gasteiger partial charge in [-0.05, 0) is 26.2 Å². The molecule has 0 aromatic carbocycles. The van der Waals surface area contributed by atoms with Gasteiger partial charge in [0, 0.05) is 12.8 Å². The van der Waals surface area contributed by atoms with Gasteiger partial charge in [0.15, 0.2) is 0 Å². The van der Waals surface area contributed by atoms with Crippen LogP contribution in [0.2, 0.25) is 26.2 Å². The number of nitrogens with zero attached hydrogens (tertiary/aromatic N) is 2. The van der Waals surface area contributed by atoms with Crippen LogP contribution in [0.1, 0.15) is 12.8 Å². The summed E-state index contributed by atoms with van der Waals surface area (Å²) in [6, 6.07) is 0. The zero-order valence-corrected chi connectivity index (χ0v) is 23.0. The third kappa shape index (κ3) is 20.5. The molecule has 0 aromatic rings. The predicted molar refractivity (Wildman–Crippen MR) is 132 cm³/mol. The quantitative estimate of drug-likeness (QED) is 0.125. The van der Waals surface area contributed by atoms with E-state index in [1.807, 2.05) is 37.6 Å². The average molecular weight is 544 g/mol. The zero-order chi connectivity index (χ0) is 25.2. The van der Waals surface area contributed by atoms with E-state index in [0.29, 0.717) is 26.3 Å². The molecule has 0 saturated heterocycles. The van der Waals surface area contributed by atoms with E-state index in [1.54, 1.807) is 0 Å². The van der Waals surface area contributed by atoms with Crippen molar-refractivity contribution < 1.29 is 45.7 Å². The number of hydrogen-bond acceptors (Lipinski definition) is 8. The number of carbonyl (C=O) groups is 2. The summed E-state index contributed by atoms with van der Waals surface area (Å²) in [7, 11) is -3.57. The van der Waals surface area contributed by atoms with E-state index in [4.69, 9.17) is 8.85 Å². The number of aliphatic imine (C=N–C) groups is 2. The Kier molecular flexibility index (Phi) is 21.2. The van der Waals surface area contributed by atoms with Crippen molar-refractivity contribution in [2.75, 3.05) is 26.3 Å². The van der Waals surface area contributed by atoms with Crippen LogP contribution in [0.3, 0.4) is 0 Å². The first-order valence-corrected chi connectivity index (χ1v) is 16.1. The summed E-state index contributed by atoms with van der Waals surface area (Å²) in [5, 5.41) is 21.2. The van der Waals surface area contributed by atoms with Crippen molar-refractivity contribution in [3.8, 4) is 0 Å². The fourth-order valence-corrected chi connectivity index (χ4v) is 3.27. The summed E-state index contributed by atoms with van der Waals surface area (Å²) < 4.78 is 11.1. The number of aliphatic carboxylic acids is 2. The third-order valence-electron chi connectivity index (χ3n) is 3.87. The van der Waals surface area contributed by atoms with Crippen molar-refractivity contribution >= 4 is 40.0 Å². The monoisotopic (exact) mass is 543 g/mol. The summed E-state index contributed by atoms with van der Waals surface area (Å²) in [6.45, 7) is 23.8. The molecule has 0 aromatic heterocycles. The van der Waals surface area contributed by atoms with Gasteiger partial charge in [-0.25, -0.2) is 0 Å². The molecule has 189 valence electrons. The smallest absolute Gasteiger partial charge is 0.543 e. The van der Waals surface area contributed by atoms with Gasteiger partial charge >= 0.3 is 17.1 Å². The largest absolute Gasteiger partial charge is 2.00 e. The molecule has 0 aliphatic rings. The van der Waals surface area contributed by atoms with Crippen molar-refractivity contribution in [1.29, 1.82) is 0 Å². The maximum atomic E-state index is 10.6. The van der Waals surface area contributed by atoms with Gasteiger partial charge in [0.1, 0.15) is 0 Å². The molecule has 0 unspecified atom stereocenters. The van der Waals surface area contributed by atoms with Crippen LogP contribution in [0.5, 0.6) is 0 Å². The molecule has 0 amide bonds. The Labute approximate surface area is 210 Å². The van der Waals surface area contributed by atoms with Crippen molar-refractivity contribution in [3.63, 3.8) is 0 Å². The second kappa shape index (κ2) is 19.6. The Bertz CT molecular complexity index is 662. The molecule has 0 atom stereocenters. The number of allylic oxidation sites excluding steroid dienone is 2. The van der Waals surface area contributed by atoms with Crippen LogP contribution in [0, 0.1) is 0 Å². The minimum Gasteiger partial charge on any atom is -0.543 e. The Hall–Kier alpha value is -1.89. The van der Waals surface area contributed by atoms with Gasteiger partial charge < -0.3 is 28.7 Å². The van der Waals surface area contributed by atoms with Gasteiger partial charge in [-0.15, -0.1) is 26.3 Å². The molecule has 0 saturated carbocycles. The van der Waals surface area contributed by atoms with E-state index in [-0.39, 0.29) is 41.3 Å². The first kappa shape index (κ1) is 35.7. The summed E-state index contributed by atoms with van der Waals surface area (Å²) in [5.41, 5.74) is 3.66. The van der Waals surface area contributed by atoms with Crippen molar-refractivity contribution in [1.82, 2.24) is 0 Å². The minimum absolute atomic E-state index is 0. The normalized spacial score (nSPS) is 11.9. The van der Waals surface area contributed by atoms with Crippen LogP contribution in [0.15, 0.2) is 59.9 Å². The number of carboxylic acids is 2. The molecule has 33 heavy (non-hydrogen) atoms. The average Bonchev–Trinajstić information content (AvgIpc) is 2.72. The van der Waals surface area contributed by atoms with Crippen molar-refractivity contribution in [2.45, 2.75) is 39.0 Å². The van der Waals surface area contributed by atoms with E-state index < -0.39 is 28.6 Å². The molecule has 0 aliphatic carbocycles. The van der Waals surface area contributed by atoms with Crippen molar-refractivity contribution in [3.05, 3.63) is 49.9 Å². The Morgan fingerprint density at radius 1 is 0.758 bits per heavy atom. The van der Waals surface area contributed by atoms with E-state index in [0.717, 1.165) is 0 Å². The Morgan fingerprint density at radius 3 is 1.27 bits per heavy atom. The summed E-state index contributed by atoms with van der Waals surface area (Å²) in [6.07, 6.45) is 3.39. The maximum absolute atomic E-state index is 10.6. The molecule has 0 rings (SSSR count). The maximum Gasteiger partial charge on any atom is 2.00 e. The molecule has 11 heteroatoms. The third-order valence-corrected chi connectivity index (χ3v) is 7.73. The first-order valence-electron chi connectivity index (χ1n) is 10.1. The standard InChI is InChI=1S/2C11H19NO3Si.Cu/c2*1-5-7-10(11(13)14)12-8-9-15-16(3,4)6-2;/h2*5-6H,1-2,7-9H2,3-4H3,(H,13,14);/q;;+2/p-2. The molecule has 0 bridgehead atoms. The molecule has 8 nitrogen and oxygen atoms in total. The number of carbonyl (C=O) groups excluding carboxylic acids is 2. The SMILES string of the molecule is C=CCC(=NCCO[Si](C)(C)C=C)C(=O)[O-].C=CCC(=NCCO[Si](C)(C)C=C)C(=O)[O-].[Cu+2]. The Morgan fingerprint density at radius 2 is 1.06 bits per heavy atom. The van der Waals surface area contributed by atoms with Crippen LogP contribution >= 0.6 is 0 Å². The minimum atomic E-state index is -1.78. The van der Waals surface area contributed by atoms with Gasteiger partial charge in [-0.1, -0.05) is 23.6 Å². The molecule has 0 fully saturated rings. The number of hydrogen-bond donors (Lipinski definition) is 0. The van der Waals surface area contributed by atoms with E-state index in [1.165, 1.54) is 12.2 Å². The Balaban J connectivity index is -0.000000529. The van der Waals surface area contributed by atoms with Gasteiger partial charge in [0.05, 0.1) is 49.7 Å². The predicted octanol–water partition coefficient (Wildman–Crippen LogP) is 1.40. The zero-order valence-electron chi connectivity index (χ0n) is 20.0. The van der Waals surface area contributed by atoms with E-state index >= 15 is 0 Å². The van der Waals surface area contributed by atoms with Gasteiger partial charge in [-0.2, -0.15) is 0 Å². The van der Waals surface area contributed by atoms with Crippen molar-refractivity contribution in [2.24, 2.45) is 9.98 Å². The first-order chi connectivity index (χ1) is 14.9. The van der Waals surface area contributed by atoms with Gasteiger partial charge in [0.2, 0.25) is 16.6 Å². The summed E-state index contributed by atoms with van der Waals surface area (Å²) >= 11 is 0. The molecular weight excluding hydrogens is 508 g/mol. The molecule has 0 aliphatic heterocycles. The second-order valence-electron chi connectivity index (χ2n) is 7.53. The molecule has 0 N–H and O–H groups in total. The van der Waals surface area contributed by atoms with E-state index in [2.05, 4.69) is 36.3 Å². The van der Waals surface area contributed by atoms with E-state index in [9.17, 15) is 19.8 Å². The summed E-state index contributed by atoms with van der Waals surface area (Å²) in [5.74, 6) is -2.50. The van der Waals surface area contributed by atoms with Crippen LogP contribution in [0.25, 0.3) is 0 Å². The second-order valence-corrected chi connectivity index (χ2v) is 15.3. The van der Waals surface area contributed by atoms with Crippen LogP contribution < -0.4 is 10.2 Å². The fraction of sp³-hybridized carbons (Fsp3) is 0.455. The van der Waals surface area contributed by atoms with Crippen LogP contribution in [-0.2, 0) is 35.5 Å². The molecule has 0 spiro atoms.